The summed E-state index contributed by atoms with van der Waals surface area (Å²) in [5, 5.41) is 16.9. The maximum absolute atomic E-state index is 9.47. The van der Waals surface area contributed by atoms with Gasteiger partial charge in [-0.15, -0.1) is 0 Å². The average molecular weight is 274 g/mol. The van der Waals surface area contributed by atoms with Gasteiger partial charge < -0.3 is 14.9 Å². The van der Waals surface area contributed by atoms with Gasteiger partial charge in [0.2, 0.25) is 0 Å². The molecule has 0 aliphatic rings. The van der Waals surface area contributed by atoms with Crippen LogP contribution in [0.3, 0.4) is 0 Å². The normalized spacial score (nSPS) is 12.6. The Labute approximate surface area is 119 Å². The molecule has 0 saturated heterocycles. The van der Waals surface area contributed by atoms with Crippen molar-refractivity contribution in [2.24, 2.45) is 0 Å². The van der Waals surface area contributed by atoms with E-state index < -0.39 is 0 Å². The molecule has 0 aliphatic heterocycles. The quantitative estimate of drug-likeness (QED) is 0.794. The van der Waals surface area contributed by atoms with E-state index in [0.717, 1.165) is 36.4 Å². The molecule has 0 radical (unpaired) electrons. The summed E-state index contributed by atoms with van der Waals surface area (Å²) < 4.78 is 5.16. The summed E-state index contributed by atoms with van der Waals surface area (Å²) >= 11 is 0. The molecular weight excluding hydrogens is 252 g/mol. The predicted molar refractivity (Wildman–Crippen MR) is 78.8 cm³/mol. The van der Waals surface area contributed by atoms with Crippen LogP contribution in [0.4, 0.5) is 0 Å². The van der Waals surface area contributed by atoms with Crippen LogP contribution in [-0.4, -0.2) is 16.8 Å². The number of aromatic nitrogens is 1. The minimum absolute atomic E-state index is 0.228. The van der Waals surface area contributed by atoms with Crippen molar-refractivity contribution >= 4 is 0 Å². The fourth-order valence-corrected chi connectivity index (χ4v) is 2.35. The molecule has 1 heterocycles. The molecule has 4 nitrogen and oxygen atoms in total. The van der Waals surface area contributed by atoms with Gasteiger partial charge in [0.25, 0.3) is 0 Å². The third-order valence-electron chi connectivity index (χ3n) is 3.61. The predicted octanol–water partition coefficient (Wildman–Crippen LogP) is 3.28. The fourth-order valence-electron chi connectivity index (χ4n) is 2.35. The van der Waals surface area contributed by atoms with Gasteiger partial charge in [-0.05, 0) is 57.9 Å². The molecule has 2 N–H and O–H groups in total. The van der Waals surface area contributed by atoms with E-state index in [-0.39, 0.29) is 6.04 Å². The van der Waals surface area contributed by atoms with E-state index in [1.807, 2.05) is 26.0 Å². The lowest BCUT2D eigenvalue weighted by Crippen LogP contribution is -2.20. The summed E-state index contributed by atoms with van der Waals surface area (Å²) in [6, 6.07) is 7.60. The zero-order valence-electron chi connectivity index (χ0n) is 12.3. The molecular formula is C16H22N2O2. The molecule has 0 aliphatic carbocycles. The number of aryl methyl sites for hydroxylation is 2. The highest BCUT2D eigenvalue weighted by Crippen LogP contribution is 2.18. The summed E-state index contributed by atoms with van der Waals surface area (Å²) in [5.74, 6) is 1.23. The molecule has 0 fully saturated rings. The van der Waals surface area contributed by atoms with Gasteiger partial charge >= 0.3 is 0 Å². The van der Waals surface area contributed by atoms with E-state index in [4.69, 9.17) is 4.52 Å². The summed E-state index contributed by atoms with van der Waals surface area (Å²) in [6.07, 6.45) is 2.01. The minimum Gasteiger partial charge on any atom is -0.508 e. The van der Waals surface area contributed by atoms with Crippen molar-refractivity contribution in [1.82, 2.24) is 10.5 Å². The van der Waals surface area contributed by atoms with E-state index in [9.17, 15) is 5.11 Å². The van der Waals surface area contributed by atoms with Crippen molar-refractivity contribution in [3.63, 3.8) is 0 Å². The zero-order valence-corrected chi connectivity index (χ0v) is 12.3. The molecule has 2 rings (SSSR count). The zero-order chi connectivity index (χ0) is 14.5. The second-order valence-electron chi connectivity index (χ2n) is 5.18. The minimum atomic E-state index is 0.228. The molecule has 108 valence electrons. The maximum Gasteiger partial charge on any atom is 0.137 e. The van der Waals surface area contributed by atoms with Gasteiger partial charge in [-0.25, -0.2) is 0 Å². The summed E-state index contributed by atoms with van der Waals surface area (Å²) in [5.41, 5.74) is 3.31. The number of rotatable bonds is 6. The van der Waals surface area contributed by atoms with E-state index in [1.165, 1.54) is 5.56 Å². The Balaban J connectivity index is 1.79. The highest BCUT2D eigenvalue weighted by molar-refractivity contribution is 5.29. The highest BCUT2D eigenvalue weighted by atomic mass is 16.5. The van der Waals surface area contributed by atoms with Crippen LogP contribution < -0.4 is 5.32 Å². The summed E-state index contributed by atoms with van der Waals surface area (Å²) in [7, 11) is 0. The van der Waals surface area contributed by atoms with E-state index in [0.29, 0.717) is 5.75 Å². The van der Waals surface area contributed by atoms with Crippen molar-refractivity contribution in [1.29, 1.82) is 0 Å². The number of hydrogen-bond donors (Lipinski definition) is 2. The molecule has 0 saturated carbocycles. The third-order valence-corrected chi connectivity index (χ3v) is 3.61. The van der Waals surface area contributed by atoms with Crippen LogP contribution in [0.5, 0.6) is 5.75 Å². The Morgan fingerprint density at radius 3 is 2.80 bits per heavy atom. The molecule has 0 bridgehead atoms. The van der Waals surface area contributed by atoms with Crippen molar-refractivity contribution in [2.75, 3.05) is 6.54 Å². The SMILES string of the molecule is Cc1noc(C)c1CCCN[C@H](C)c1cccc(O)c1. The number of benzene rings is 1. The smallest absolute Gasteiger partial charge is 0.137 e. The van der Waals surface area contributed by atoms with Gasteiger partial charge in [0, 0.05) is 11.6 Å². The lowest BCUT2D eigenvalue weighted by molar-refractivity contribution is 0.392. The van der Waals surface area contributed by atoms with Crippen LogP contribution in [0, 0.1) is 13.8 Å². The molecule has 0 spiro atoms. The molecule has 1 aromatic heterocycles. The standard InChI is InChI=1S/C16H22N2O2/c1-11(14-6-4-7-15(19)10-14)17-9-5-8-16-12(2)18-20-13(16)3/h4,6-7,10-11,17,19H,5,8-9H2,1-3H3/t11-/m1/s1. The number of aromatic hydroxyl groups is 1. The van der Waals surface area contributed by atoms with Crippen LogP contribution >= 0.6 is 0 Å². The van der Waals surface area contributed by atoms with Crippen molar-refractivity contribution in [3.8, 4) is 5.75 Å². The molecule has 0 unspecified atom stereocenters. The first-order valence-electron chi connectivity index (χ1n) is 7.02. The van der Waals surface area contributed by atoms with Gasteiger partial charge in [-0.2, -0.15) is 0 Å². The summed E-state index contributed by atoms with van der Waals surface area (Å²) in [6.45, 7) is 6.96. The Hall–Kier alpha value is -1.81. The first-order valence-corrected chi connectivity index (χ1v) is 7.02. The maximum atomic E-state index is 9.47. The second-order valence-corrected chi connectivity index (χ2v) is 5.18. The number of nitrogens with one attached hydrogen (secondary N) is 1. The number of phenols is 1. The van der Waals surface area contributed by atoms with Crippen LogP contribution in [0.1, 0.15) is 42.0 Å². The second kappa shape index (κ2) is 6.57. The number of hydrogen-bond acceptors (Lipinski definition) is 4. The van der Waals surface area contributed by atoms with Crippen LogP contribution in [0.25, 0.3) is 0 Å². The lowest BCUT2D eigenvalue weighted by atomic mass is 10.1. The van der Waals surface area contributed by atoms with Gasteiger partial charge in [0.05, 0.1) is 5.69 Å². The van der Waals surface area contributed by atoms with Gasteiger partial charge in [-0.3, -0.25) is 0 Å². The fraction of sp³-hybridized carbons (Fsp3) is 0.438. The monoisotopic (exact) mass is 274 g/mol. The molecule has 4 heteroatoms. The van der Waals surface area contributed by atoms with Crippen LogP contribution in [-0.2, 0) is 6.42 Å². The van der Waals surface area contributed by atoms with Gasteiger partial charge in [-0.1, -0.05) is 17.3 Å². The number of phenolic OH excluding ortho intramolecular Hbond substituents is 1. The largest absolute Gasteiger partial charge is 0.508 e. The lowest BCUT2D eigenvalue weighted by Gasteiger charge is -2.14. The van der Waals surface area contributed by atoms with Crippen molar-refractivity contribution in [2.45, 2.75) is 39.7 Å². The average Bonchev–Trinajstić information content (AvgIpc) is 2.74. The van der Waals surface area contributed by atoms with E-state index in [2.05, 4.69) is 17.4 Å². The first kappa shape index (κ1) is 14.6. The van der Waals surface area contributed by atoms with E-state index in [1.54, 1.807) is 12.1 Å². The Bertz CT molecular complexity index is 544. The molecule has 1 atom stereocenters. The molecule has 20 heavy (non-hydrogen) atoms. The number of nitrogens with zero attached hydrogens (tertiary/aromatic N) is 1. The molecule has 2 aromatic rings. The Morgan fingerprint density at radius 1 is 1.35 bits per heavy atom. The van der Waals surface area contributed by atoms with Crippen LogP contribution in [0.2, 0.25) is 0 Å². The first-order chi connectivity index (χ1) is 9.58. The van der Waals surface area contributed by atoms with Crippen molar-refractivity contribution in [3.05, 3.63) is 46.8 Å². The van der Waals surface area contributed by atoms with Gasteiger partial charge in [0.15, 0.2) is 0 Å². The van der Waals surface area contributed by atoms with E-state index >= 15 is 0 Å². The molecule has 0 amide bonds. The van der Waals surface area contributed by atoms with Crippen molar-refractivity contribution < 1.29 is 9.63 Å². The van der Waals surface area contributed by atoms with Crippen LogP contribution in [0.15, 0.2) is 28.8 Å². The topological polar surface area (TPSA) is 58.3 Å². The Kier molecular flexibility index (Phi) is 4.79. The summed E-state index contributed by atoms with van der Waals surface area (Å²) in [4.78, 5) is 0. The van der Waals surface area contributed by atoms with Gasteiger partial charge in [0.1, 0.15) is 11.5 Å². The third kappa shape index (κ3) is 3.61. The Morgan fingerprint density at radius 2 is 2.15 bits per heavy atom. The molecule has 1 aromatic carbocycles. The highest BCUT2D eigenvalue weighted by Gasteiger charge is 2.09.